The topological polar surface area (TPSA) is 47.9 Å². The molecule has 7 atom stereocenters. The van der Waals surface area contributed by atoms with Gasteiger partial charge in [-0.25, -0.2) is 4.89 Å². The van der Waals surface area contributed by atoms with Gasteiger partial charge in [-0.2, -0.15) is 13.2 Å². The Hall–Kier alpha value is 0.110. The third-order valence-electron chi connectivity index (χ3n) is 7.41. The predicted octanol–water partition coefficient (Wildman–Crippen LogP) is 5.50. The predicted molar refractivity (Wildman–Crippen MR) is 92.6 cm³/mol. The maximum Gasteiger partial charge on any atom is 0.427 e. The highest BCUT2D eigenvalue weighted by Crippen LogP contribution is 2.68. The van der Waals surface area contributed by atoms with Crippen molar-refractivity contribution in [2.45, 2.75) is 88.5 Å². The second-order valence-corrected chi connectivity index (χ2v) is 10.3. The van der Waals surface area contributed by atoms with Crippen molar-refractivity contribution in [1.29, 1.82) is 0 Å². The fourth-order valence-corrected chi connectivity index (χ4v) is 6.19. The molecule has 3 rings (SSSR count). The summed E-state index contributed by atoms with van der Waals surface area (Å²) in [5.41, 5.74) is -3.02. The van der Waals surface area contributed by atoms with Gasteiger partial charge in [0.25, 0.3) is 0 Å². The second-order valence-electron chi connectivity index (χ2n) is 9.15. The lowest BCUT2D eigenvalue weighted by Gasteiger charge is -2.65. The van der Waals surface area contributed by atoms with Crippen molar-refractivity contribution < 1.29 is 32.8 Å². The van der Waals surface area contributed by atoms with E-state index < -0.39 is 39.5 Å². The van der Waals surface area contributed by atoms with E-state index in [4.69, 9.17) is 14.4 Å². The van der Waals surface area contributed by atoms with E-state index in [0.717, 1.165) is 6.42 Å². The van der Waals surface area contributed by atoms with Crippen molar-refractivity contribution in [2.75, 3.05) is 0 Å². The summed E-state index contributed by atoms with van der Waals surface area (Å²) >= 11 is 2.87. The molecule has 26 heavy (non-hydrogen) atoms. The Morgan fingerprint density at radius 1 is 1.08 bits per heavy atom. The first-order chi connectivity index (χ1) is 11.8. The molecule has 0 amide bonds. The van der Waals surface area contributed by atoms with Crippen LogP contribution in [0, 0.1) is 23.2 Å². The third kappa shape index (κ3) is 2.55. The average Bonchev–Trinajstić information content (AvgIpc) is 2.63. The molecule has 0 unspecified atom stereocenters. The molecule has 0 radical (unpaired) electrons. The largest absolute Gasteiger partial charge is 0.427 e. The number of rotatable bonds is 1. The minimum atomic E-state index is -4.64. The highest BCUT2D eigenvalue weighted by Gasteiger charge is 2.78. The number of halogens is 4. The summed E-state index contributed by atoms with van der Waals surface area (Å²) in [4.78, 5) is 5.13. The van der Waals surface area contributed by atoms with E-state index in [1.807, 2.05) is 13.8 Å². The summed E-state index contributed by atoms with van der Waals surface area (Å²) in [6, 6.07) is 0. The zero-order valence-corrected chi connectivity index (χ0v) is 17.4. The SMILES string of the molecule is C[C@@H]1CC[C@@]2(C)[C@@H](C)[C@](Br)(C(F)(F)F)O[C@@H]3OC(C)(C)CC[C@@H]1[C@]32OO. The van der Waals surface area contributed by atoms with E-state index in [1.54, 1.807) is 6.92 Å². The molecular weight excluding hydrogens is 417 g/mol. The molecule has 8 heteroatoms. The molecule has 0 aromatic carbocycles. The molecule has 152 valence electrons. The molecule has 2 aliphatic heterocycles. The van der Waals surface area contributed by atoms with Crippen LogP contribution in [0.15, 0.2) is 0 Å². The van der Waals surface area contributed by atoms with Crippen LogP contribution in [-0.4, -0.2) is 33.4 Å². The van der Waals surface area contributed by atoms with E-state index >= 15 is 0 Å². The second kappa shape index (κ2) is 6.05. The monoisotopic (exact) mass is 444 g/mol. The zero-order chi connectivity index (χ0) is 19.8. The van der Waals surface area contributed by atoms with Gasteiger partial charge in [0.2, 0.25) is 4.51 Å². The molecular formula is C18H28BrF3O4. The van der Waals surface area contributed by atoms with Gasteiger partial charge in [0.1, 0.15) is 0 Å². The minimum Gasteiger partial charge on any atom is -0.343 e. The molecule has 0 bridgehead atoms. The quantitative estimate of drug-likeness (QED) is 0.329. The first kappa shape index (κ1) is 20.8. The Morgan fingerprint density at radius 2 is 1.69 bits per heavy atom. The highest BCUT2D eigenvalue weighted by atomic mass is 79.9. The van der Waals surface area contributed by atoms with Gasteiger partial charge in [-0.05, 0) is 67.3 Å². The maximum absolute atomic E-state index is 14.0. The van der Waals surface area contributed by atoms with Gasteiger partial charge in [0.05, 0.1) is 5.60 Å². The van der Waals surface area contributed by atoms with Gasteiger partial charge in [-0.1, -0.05) is 20.8 Å². The Balaban J connectivity index is 2.22. The van der Waals surface area contributed by atoms with Crippen molar-refractivity contribution in [2.24, 2.45) is 23.2 Å². The normalized spacial score (nSPS) is 51.5. The molecule has 3 aliphatic rings. The maximum atomic E-state index is 14.0. The average molecular weight is 445 g/mol. The van der Waals surface area contributed by atoms with Crippen LogP contribution in [0.4, 0.5) is 13.2 Å². The summed E-state index contributed by atoms with van der Waals surface area (Å²) in [6.45, 7) is 9.02. The number of alkyl halides is 4. The molecule has 4 nitrogen and oxygen atoms in total. The van der Waals surface area contributed by atoms with E-state index in [-0.39, 0.29) is 11.8 Å². The Labute approximate surface area is 160 Å². The Morgan fingerprint density at radius 3 is 2.23 bits per heavy atom. The molecule has 3 fully saturated rings. The molecule has 1 aliphatic carbocycles. The van der Waals surface area contributed by atoms with Gasteiger partial charge in [0.15, 0.2) is 11.9 Å². The van der Waals surface area contributed by atoms with E-state index in [9.17, 15) is 18.4 Å². The minimum absolute atomic E-state index is 0.161. The van der Waals surface area contributed by atoms with E-state index in [2.05, 4.69) is 22.9 Å². The van der Waals surface area contributed by atoms with Crippen molar-refractivity contribution in [3.05, 3.63) is 0 Å². The Kier molecular flexibility index (Phi) is 4.85. The molecule has 1 N–H and O–H groups in total. The highest BCUT2D eigenvalue weighted by molar-refractivity contribution is 9.10. The van der Waals surface area contributed by atoms with Crippen LogP contribution in [0.1, 0.15) is 60.3 Å². The fourth-order valence-electron chi connectivity index (χ4n) is 5.51. The summed E-state index contributed by atoms with van der Waals surface area (Å²) in [5, 5.41) is 10.1. The van der Waals surface area contributed by atoms with Crippen LogP contribution in [0.5, 0.6) is 0 Å². The van der Waals surface area contributed by atoms with Gasteiger partial charge in [-0.3, -0.25) is 5.26 Å². The standard InChI is InChI=1S/C18H28BrF3O4/c1-10-6-9-15(5)11(2)17(19,18(20,21)22)25-13-16(15,26-23)12(10)7-8-14(3,4)24-13/h10-13,23H,6-9H2,1-5H3/t10-,11-,12+,13+,15+,16+,17-/m1/s1. The molecule has 2 saturated heterocycles. The number of hydrogen-bond acceptors (Lipinski definition) is 4. The van der Waals surface area contributed by atoms with Crippen LogP contribution >= 0.6 is 15.9 Å². The van der Waals surface area contributed by atoms with Gasteiger partial charge < -0.3 is 9.47 Å². The fraction of sp³-hybridized carbons (Fsp3) is 1.00. The van der Waals surface area contributed by atoms with Crippen LogP contribution in [-0.2, 0) is 14.4 Å². The zero-order valence-electron chi connectivity index (χ0n) is 15.8. The Bertz CT molecular complexity index is 571. The van der Waals surface area contributed by atoms with Gasteiger partial charge >= 0.3 is 6.18 Å². The van der Waals surface area contributed by atoms with Crippen molar-refractivity contribution >= 4 is 15.9 Å². The van der Waals surface area contributed by atoms with Gasteiger partial charge in [-0.15, -0.1) is 0 Å². The first-order valence-corrected chi connectivity index (χ1v) is 9.98. The first-order valence-electron chi connectivity index (χ1n) is 9.19. The lowest BCUT2D eigenvalue weighted by atomic mass is 9.49. The summed E-state index contributed by atoms with van der Waals surface area (Å²) in [7, 11) is 0. The van der Waals surface area contributed by atoms with Crippen LogP contribution < -0.4 is 0 Å². The van der Waals surface area contributed by atoms with Crippen LogP contribution in [0.25, 0.3) is 0 Å². The lowest BCUT2D eigenvalue weighted by Crippen LogP contribution is -2.76. The molecule has 1 saturated carbocycles. The van der Waals surface area contributed by atoms with Gasteiger partial charge in [0, 0.05) is 11.3 Å². The van der Waals surface area contributed by atoms with E-state index in [0.29, 0.717) is 19.3 Å². The molecule has 0 aromatic heterocycles. The van der Waals surface area contributed by atoms with Crippen molar-refractivity contribution in [3.63, 3.8) is 0 Å². The number of hydrogen-bond donors (Lipinski definition) is 1. The molecule has 2 heterocycles. The van der Waals surface area contributed by atoms with E-state index in [1.165, 1.54) is 6.92 Å². The summed E-state index contributed by atoms with van der Waals surface area (Å²) < 4.78 is 51.1. The smallest absolute Gasteiger partial charge is 0.343 e. The molecule has 0 aromatic rings. The summed E-state index contributed by atoms with van der Waals surface area (Å²) in [6.07, 6.45) is -3.38. The van der Waals surface area contributed by atoms with Crippen molar-refractivity contribution in [3.8, 4) is 0 Å². The summed E-state index contributed by atoms with van der Waals surface area (Å²) in [5.74, 6) is -0.969. The lowest BCUT2D eigenvalue weighted by molar-refractivity contribution is -0.484. The van der Waals surface area contributed by atoms with Crippen molar-refractivity contribution in [1.82, 2.24) is 0 Å². The molecule has 0 spiro atoms. The van der Waals surface area contributed by atoms with Crippen LogP contribution in [0.3, 0.4) is 0 Å². The third-order valence-corrected chi connectivity index (χ3v) is 8.74. The van der Waals surface area contributed by atoms with Crippen LogP contribution in [0.2, 0.25) is 0 Å². The number of ether oxygens (including phenoxy) is 2.